The number of nitrogens with zero attached hydrogens (tertiary/aromatic N) is 2. The highest BCUT2D eigenvalue weighted by atomic mass is 16.3. The highest BCUT2D eigenvalue weighted by Crippen LogP contribution is 2.18. The molecule has 0 aliphatic carbocycles. The van der Waals surface area contributed by atoms with Crippen molar-refractivity contribution >= 4 is 11.7 Å². The molecule has 3 N–H and O–H groups in total. The van der Waals surface area contributed by atoms with E-state index in [1.807, 2.05) is 32.4 Å². The lowest BCUT2D eigenvalue weighted by molar-refractivity contribution is 0.160. The van der Waals surface area contributed by atoms with Gasteiger partial charge in [0.05, 0.1) is 23.2 Å². The van der Waals surface area contributed by atoms with Gasteiger partial charge in [0.1, 0.15) is 0 Å². The maximum atomic E-state index is 11.7. The molecule has 0 bridgehead atoms. The zero-order valence-electron chi connectivity index (χ0n) is 12.2. The first-order valence-corrected chi connectivity index (χ1v) is 6.76. The summed E-state index contributed by atoms with van der Waals surface area (Å²) in [4.78, 5) is 11.7. The van der Waals surface area contributed by atoms with Gasteiger partial charge in [0.2, 0.25) is 0 Å². The number of aromatic nitrogens is 2. The van der Waals surface area contributed by atoms with Crippen LogP contribution in [0.1, 0.15) is 38.1 Å². The van der Waals surface area contributed by atoms with Gasteiger partial charge in [-0.25, -0.2) is 4.79 Å². The van der Waals surface area contributed by atoms with Crippen LogP contribution in [0.15, 0.2) is 0 Å². The predicted octanol–water partition coefficient (Wildman–Crippen LogP) is 1.80. The lowest BCUT2D eigenvalue weighted by Crippen LogP contribution is -2.31. The summed E-state index contributed by atoms with van der Waals surface area (Å²) in [6.07, 6.45) is 0.910. The van der Waals surface area contributed by atoms with Crippen molar-refractivity contribution in [3.8, 4) is 0 Å². The van der Waals surface area contributed by atoms with E-state index in [0.29, 0.717) is 19.4 Å². The Morgan fingerprint density at radius 2 is 2.11 bits per heavy atom. The molecule has 0 saturated heterocycles. The minimum atomic E-state index is -0.355. The van der Waals surface area contributed by atoms with E-state index < -0.39 is 0 Å². The molecule has 108 valence electrons. The first-order valence-electron chi connectivity index (χ1n) is 6.76. The van der Waals surface area contributed by atoms with Crippen LogP contribution in [0.4, 0.5) is 10.5 Å². The number of anilines is 1. The molecule has 0 aliphatic heterocycles. The number of hydrogen-bond acceptors (Lipinski definition) is 3. The summed E-state index contributed by atoms with van der Waals surface area (Å²) in [5.41, 5.74) is 2.52. The molecule has 1 heterocycles. The number of carbonyl (C=O) groups excluding carboxylic acids is 1. The number of aliphatic hydroxyl groups is 1. The monoisotopic (exact) mass is 268 g/mol. The highest BCUT2D eigenvalue weighted by molar-refractivity contribution is 5.90. The summed E-state index contributed by atoms with van der Waals surface area (Å²) >= 11 is 0. The van der Waals surface area contributed by atoms with E-state index in [1.54, 1.807) is 0 Å². The average Bonchev–Trinajstić information content (AvgIpc) is 2.65. The zero-order chi connectivity index (χ0) is 14.4. The van der Waals surface area contributed by atoms with Gasteiger partial charge in [0.15, 0.2) is 0 Å². The third kappa shape index (κ3) is 4.24. The number of rotatable bonds is 6. The van der Waals surface area contributed by atoms with Crippen LogP contribution in [0.5, 0.6) is 0 Å². The zero-order valence-corrected chi connectivity index (χ0v) is 12.2. The first kappa shape index (κ1) is 15.5. The van der Waals surface area contributed by atoms with Gasteiger partial charge >= 0.3 is 6.03 Å². The van der Waals surface area contributed by atoms with E-state index in [-0.39, 0.29) is 12.1 Å². The fourth-order valence-corrected chi connectivity index (χ4v) is 1.90. The van der Waals surface area contributed by atoms with Crippen molar-refractivity contribution in [2.24, 2.45) is 0 Å². The molecule has 6 nitrogen and oxygen atoms in total. The van der Waals surface area contributed by atoms with Gasteiger partial charge in [0, 0.05) is 13.1 Å². The van der Waals surface area contributed by atoms with E-state index in [9.17, 15) is 9.90 Å². The van der Waals surface area contributed by atoms with Gasteiger partial charge in [-0.05, 0) is 33.6 Å². The second-order valence-electron chi connectivity index (χ2n) is 4.59. The lowest BCUT2D eigenvalue weighted by atomic mass is 10.2. The summed E-state index contributed by atoms with van der Waals surface area (Å²) in [5.74, 6) is 0. The normalized spacial score (nSPS) is 12.3. The van der Waals surface area contributed by atoms with E-state index in [4.69, 9.17) is 0 Å². The van der Waals surface area contributed by atoms with Crippen LogP contribution in [0.2, 0.25) is 0 Å². The van der Waals surface area contributed by atoms with Crippen LogP contribution in [-0.4, -0.2) is 33.6 Å². The van der Waals surface area contributed by atoms with Crippen molar-refractivity contribution in [3.05, 3.63) is 11.4 Å². The molecule has 0 spiro atoms. The molecule has 1 aromatic heterocycles. The third-order valence-electron chi connectivity index (χ3n) is 3.15. The van der Waals surface area contributed by atoms with Gasteiger partial charge in [-0.3, -0.25) is 4.68 Å². The highest BCUT2D eigenvalue weighted by Gasteiger charge is 2.13. The molecule has 19 heavy (non-hydrogen) atoms. The van der Waals surface area contributed by atoms with Gasteiger partial charge in [-0.1, -0.05) is 6.92 Å². The van der Waals surface area contributed by atoms with Crippen molar-refractivity contribution < 1.29 is 9.90 Å². The smallest absolute Gasteiger partial charge is 0.319 e. The fourth-order valence-electron chi connectivity index (χ4n) is 1.90. The van der Waals surface area contributed by atoms with Crippen molar-refractivity contribution in [1.29, 1.82) is 0 Å². The molecule has 0 aliphatic rings. The SMILES string of the molecule is CCC(O)CCNC(=O)Nc1c(C)nn(CC)c1C. The maximum Gasteiger partial charge on any atom is 0.319 e. The molecule has 0 saturated carbocycles. The summed E-state index contributed by atoms with van der Waals surface area (Å²) in [7, 11) is 0. The molecular formula is C13H24N4O2. The van der Waals surface area contributed by atoms with Crippen molar-refractivity contribution in [3.63, 3.8) is 0 Å². The van der Waals surface area contributed by atoms with E-state index in [0.717, 1.165) is 23.6 Å². The standard InChI is InChI=1S/C13H24N4O2/c1-5-11(18)7-8-14-13(19)15-12-9(3)16-17(6-2)10(12)4/h11,18H,5-8H2,1-4H3,(H2,14,15,19). The van der Waals surface area contributed by atoms with Gasteiger partial charge in [-0.2, -0.15) is 5.10 Å². The van der Waals surface area contributed by atoms with Crippen molar-refractivity contribution in [2.45, 2.75) is 53.2 Å². The Balaban J connectivity index is 2.51. The number of aliphatic hydroxyl groups excluding tert-OH is 1. The van der Waals surface area contributed by atoms with Gasteiger partial charge < -0.3 is 15.7 Å². The summed E-state index contributed by atoms with van der Waals surface area (Å²) < 4.78 is 1.85. The average molecular weight is 268 g/mol. The third-order valence-corrected chi connectivity index (χ3v) is 3.15. The molecule has 6 heteroatoms. The molecular weight excluding hydrogens is 244 g/mol. The Hall–Kier alpha value is -1.56. The lowest BCUT2D eigenvalue weighted by Gasteiger charge is -2.10. The summed E-state index contributed by atoms with van der Waals surface area (Å²) in [6, 6.07) is -0.259. The minimum Gasteiger partial charge on any atom is -0.393 e. The van der Waals surface area contributed by atoms with Gasteiger partial charge in [0.25, 0.3) is 0 Å². The van der Waals surface area contributed by atoms with Crippen LogP contribution in [0.25, 0.3) is 0 Å². The number of amides is 2. The van der Waals surface area contributed by atoms with Crippen LogP contribution >= 0.6 is 0 Å². The number of aryl methyl sites for hydroxylation is 2. The predicted molar refractivity (Wildman–Crippen MR) is 75.3 cm³/mol. The minimum absolute atomic E-state index is 0.259. The van der Waals surface area contributed by atoms with Crippen LogP contribution in [0.3, 0.4) is 0 Å². The van der Waals surface area contributed by atoms with E-state index in [1.165, 1.54) is 0 Å². The maximum absolute atomic E-state index is 11.7. The Morgan fingerprint density at radius 3 is 2.63 bits per heavy atom. The number of nitrogens with one attached hydrogen (secondary N) is 2. The largest absolute Gasteiger partial charge is 0.393 e. The van der Waals surface area contributed by atoms with Crippen molar-refractivity contribution in [2.75, 3.05) is 11.9 Å². The van der Waals surface area contributed by atoms with Crippen molar-refractivity contribution in [1.82, 2.24) is 15.1 Å². The number of carbonyl (C=O) groups is 1. The Labute approximate surface area is 114 Å². The Morgan fingerprint density at radius 1 is 1.42 bits per heavy atom. The first-order chi connectivity index (χ1) is 8.99. The quantitative estimate of drug-likeness (QED) is 0.736. The van der Waals surface area contributed by atoms with E-state index >= 15 is 0 Å². The van der Waals surface area contributed by atoms with Crippen LogP contribution in [0, 0.1) is 13.8 Å². The molecule has 1 rings (SSSR count). The number of urea groups is 1. The molecule has 2 amide bonds. The summed E-state index contributed by atoms with van der Waals surface area (Å²) in [5, 5.41) is 19.3. The summed E-state index contributed by atoms with van der Waals surface area (Å²) in [6.45, 7) is 8.96. The molecule has 0 aromatic carbocycles. The van der Waals surface area contributed by atoms with Crippen LogP contribution in [-0.2, 0) is 6.54 Å². The van der Waals surface area contributed by atoms with E-state index in [2.05, 4.69) is 15.7 Å². The molecule has 0 radical (unpaired) electrons. The van der Waals surface area contributed by atoms with Crippen LogP contribution < -0.4 is 10.6 Å². The molecule has 1 atom stereocenters. The topological polar surface area (TPSA) is 79.2 Å². The molecule has 1 aromatic rings. The van der Waals surface area contributed by atoms with Gasteiger partial charge in [-0.15, -0.1) is 0 Å². The Kier molecular flexibility index (Phi) is 5.82. The second-order valence-corrected chi connectivity index (χ2v) is 4.59. The molecule has 0 fully saturated rings. The fraction of sp³-hybridized carbons (Fsp3) is 0.692. The number of hydrogen-bond donors (Lipinski definition) is 3. The second kappa shape index (κ2) is 7.13. The Bertz CT molecular complexity index is 429. The molecule has 1 unspecified atom stereocenters.